The molecule has 0 radical (unpaired) electrons. The number of benzene rings is 4. The van der Waals surface area contributed by atoms with Crippen molar-refractivity contribution in [3.63, 3.8) is 0 Å². The molecule has 0 atom stereocenters. The van der Waals surface area contributed by atoms with Crippen LogP contribution in [-0.2, 0) is 0 Å². The van der Waals surface area contributed by atoms with Gasteiger partial charge in [-0.25, -0.2) is 9.37 Å². The van der Waals surface area contributed by atoms with Gasteiger partial charge in [-0.15, -0.1) is 0 Å². The van der Waals surface area contributed by atoms with E-state index in [9.17, 15) is 18.5 Å². The number of fused-ring (bicyclic) bond motifs is 2. The summed E-state index contributed by atoms with van der Waals surface area (Å²) in [4.78, 5) is 19.6. The summed E-state index contributed by atoms with van der Waals surface area (Å²) in [6, 6.07) is 26.8. The number of carboxylic acid groups (broad SMARTS) is 1. The van der Waals surface area contributed by atoms with E-state index in [1.54, 1.807) is 25.1 Å². The first-order valence-corrected chi connectivity index (χ1v) is 17.4. The van der Waals surface area contributed by atoms with Crippen molar-refractivity contribution in [2.45, 2.75) is 27.7 Å². The third-order valence-corrected chi connectivity index (χ3v) is 9.92. The number of allylic oxidation sites excluding steroid dienone is 2. The minimum absolute atomic E-state index is 0.162. The molecule has 0 unspecified atom stereocenters. The van der Waals surface area contributed by atoms with Gasteiger partial charge in [-0.05, 0) is 104 Å². The molecule has 1 N–H and O–H groups in total. The number of carbonyl (C=O) groups is 1. The summed E-state index contributed by atoms with van der Waals surface area (Å²) in [5.74, 6) is -0.409. The topological polar surface area (TPSA) is 74.0 Å². The molecule has 4 aromatic rings. The summed E-state index contributed by atoms with van der Waals surface area (Å²) in [7, 11) is 5.12. The number of aromatic nitrogens is 1. The van der Waals surface area contributed by atoms with Crippen LogP contribution in [-0.4, -0.2) is 56.9 Å². The molecule has 7 nitrogen and oxygen atoms in total. The van der Waals surface area contributed by atoms with Gasteiger partial charge in [0.1, 0.15) is 25.4 Å². The summed E-state index contributed by atoms with van der Waals surface area (Å²) < 4.78 is 38.6. The van der Waals surface area contributed by atoms with Crippen LogP contribution in [0.2, 0.25) is 0 Å². The fourth-order valence-electron chi connectivity index (χ4n) is 7.36. The van der Waals surface area contributed by atoms with Gasteiger partial charge in [0.2, 0.25) is 5.36 Å². The Kier molecular flexibility index (Phi) is 9.02. The highest BCUT2D eigenvalue weighted by Crippen LogP contribution is 2.44. The molecule has 0 amide bonds. The number of aryl methyl sites for hydroxylation is 2. The van der Waals surface area contributed by atoms with E-state index in [-0.39, 0.29) is 5.56 Å². The zero-order valence-corrected chi connectivity index (χ0v) is 31.0. The monoisotopic (exact) mass is 709 g/mol. The number of hydrogen-bond acceptors (Lipinski definition) is 4. The van der Waals surface area contributed by atoms with E-state index in [4.69, 9.17) is 9.41 Å². The number of nitrogens with zero attached hydrogens (tertiary/aromatic N) is 4. The van der Waals surface area contributed by atoms with Crippen molar-refractivity contribution in [3.05, 3.63) is 136 Å². The molecule has 0 saturated heterocycles. The van der Waals surface area contributed by atoms with E-state index in [1.165, 1.54) is 0 Å². The Bertz CT molecular complexity index is 2610. The number of hydrogen-bond donors (Lipinski definition) is 1. The van der Waals surface area contributed by atoms with Gasteiger partial charge >= 0.3 is 13.4 Å². The van der Waals surface area contributed by atoms with Crippen molar-refractivity contribution in [2.24, 2.45) is 4.99 Å². The zero-order chi connectivity index (χ0) is 37.9. The largest absolute Gasteiger partial charge is 0.677 e. The number of carboxylic acids is 1. The Morgan fingerprint density at radius 2 is 1.58 bits per heavy atom. The fourth-order valence-corrected chi connectivity index (χ4v) is 7.36. The summed E-state index contributed by atoms with van der Waals surface area (Å²) >= 11 is 0. The van der Waals surface area contributed by atoms with Crippen LogP contribution in [0.5, 0.6) is 0 Å². The van der Waals surface area contributed by atoms with E-state index < -0.39 is 13.4 Å². The summed E-state index contributed by atoms with van der Waals surface area (Å²) in [5.41, 5.74) is 10.9. The first-order valence-electron chi connectivity index (χ1n) is 17.4. The Hall–Kier alpha value is -6.03. The lowest BCUT2D eigenvalue weighted by molar-refractivity contribution is 0.0697. The molecule has 1 aromatic heterocycles. The quantitative estimate of drug-likeness (QED) is 0.102. The molecule has 3 aliphatic rings. The number of rotatable bonds is 7. The SMILES string of the molecule is CC1=CC(C)=N/C1=C(/c1ccc(-c2ccc(C(=O)O)c(-c3c4ccc(=[N+](C)C)cc-4oc4cc(N(C)C)ccc34)c2)cc1)c1c(C)cc(C)n1B(F)F. The maximum Gasteiger partial charge on any atom is 0.677 e. The molecular formula is C43H40BF2N4O3+. The lowest BCUT2D eigenvalue weighted by Crippen LogP contribution is -2.21. The van der Waals surface area contributed by atoms with Crippen molar-refractivity contribution >= 4 is 41.3 Å². The van der Waals surface area contributed by atoms with Crippen LogP contribution in [0.1, 0.15) is 46.7 Å². The molecule has 3 aromatic carbocycles. The maximum atomic E-state index is 14.5. The third-order valence-electron chi connectivity index (χ3n) is 9.92. The van der Waals surface area contributed by atoms with Crippen molar-refractivity contribution in [1.82, 2.24) is 9.05 Å². The molecule has 0 spiro atoms. The number of aromatic carboxylic acids is 1. The minimum Gasteiger partial charge on any atom is -0.478 e. The minimum atomic E-state index is -2.72. The molecule has 7 rings (SSSR count). The smallest absolute Gasteiger partial charge is 0.478 e. The van der Waals surface area contributed by atoms with Crippen LogP contribution < -0.4 is 14.8 Å². The van der Waals surface area contributed by atoms with Crippen molar-refractivity contribution < 1.29 is 22.9 Å². The Balaban J connectivity index is 1.43. The Morgan fingerprint density at radius 3 is 2.21 bits per heavy atom. The normalized spacial score (nSPS) is 13.7. The van der Waals surface area contributed by atoms with E-state index in [2.05, 4.69) is 0 Å². The van der Waals surface area contributed by atoms with Gasteiger partial charge in [0.05, 0.1) is 17.3 Å². The summed E-state index contributed by atoms with van der Waals surface area (Å²) in [5, 5.41) is 12.2. The van der Waals surface area contributed by atoms with Crippen LogP contribution in [0.3, 0.4) is 0 Å². The third kappa shape index (κ3) is 6.28. The number of anilines is 1. The molecule has 0 saturated carbocycles. The predicted molar refractivity (Wildman–Crippen MR) is 212 cm³/mol. The summed E-state index contributed by atoms with van der Waals surface area (Å²) in [6.45, 7) is 7.38. The van der Waals surface area contributed by atoms with Gasteiger partial charge in [0.25, 0.3) is 0 Å². The van der Waals surface area contributed by atoms with Crippen LogP contribution in [0.25, 0.3) is 50.1 Å². The molecule has 2 aliphatic heterocycles. The van der Waals surface area contributed by atoms with Crippen LogP contribution in [0.4, 0.5) is 14.3 Å². The van der Waals surface area contributed by atoms with Crippen molar-refractivity contribution in [2.75, 3.05) is 33.1 Å². The van der Waals surface area contributed by atoms with Gasteiger partial charge in [-0.2, -0.15) is 0 Å². The molecular weight excluding hydrogens is 669 g/mol. The molecule has 3 heterocycles. The predicted octanol–water partition coefficient (Wildman–Crippen LogP) is 9.04. The Morgan fingerprint density at radius 1 is 0.868 bits per heavy atom. The number of halogens is 2. The van der Waals surface area contributed by atoms with E-state index in [1.807, 2.05) is 131 Å². The lowest BCUT2D eigenvalue weighted by Gasteiger charge is -2.19. The van der Waals surface area contributed by atoms with Crippen molar-refractivity contribution in [1.29, 1.82) is 0 Å². The highest BCUT2D eigenvalue weighted by Gasteiger charge is 2.29. The first-order chi connectivity index (χ1) is 25.2. The molecule has 1 aliphatic carbocycles. The van der Waals surface area contributed by atoms with E-state index in [0.29, 0.717) is 39.6 Å². The van der Waals surface area contributed by atoms with Gasteiger partial charge in [0, 0.05) is 71.1 Å². The zero-order valence-electron chi connectivity index (χ0n) is 31.0. The molecule has 266 valence electrons. The fraction of sp³-hybridized carbons (Fsp3) is 0.186. The summed E-state index contributed by atoms with van der Waals surface area (Å²) in [6.07, 6.45) is 1.96. The van der Waals surface area contributed by atoms with Crippen LogP contribution in [0, 0.1) is 13.8 Å². The van der Waals surface area contributed by atoms with Crippen LogP contribution >= 0.6 is 0 Å². The van der Waals surface area contributed by atoms with Gasteiger partial charge < -0.3 is 18.9 Å². The van der Waals surface area contributed by atoms with E-state index >= 15 is 0 Å². The standard InChI is InChI=1S/C43H39BF2N4O3/c1-24-19-26(3)47-41(24)39(42-25(2)20-27(4)50(42)44(45)46)29-11-9-28(10-12-29)30-13-16-33(43(51)52)36(21-30)40-34-17-14-31(48(5)6)22-37(34)53-38-23-32(49(7)8)15-18-35(38)40/h9-23H,1-8H3/p+1/b41-39-. The molecule has 0 bridgehead atoms. The average molecular weight is 710 g/mol. The molecule has 10 heteroatoms. The highest BCUT2D eigenvalue weighted by molar-refractivity contribution is 6.41. The average Bonchev–Trinajstić information content (AvgIpc) is 3.61. The van der Waals surface area contributed by atoms with Crippen molar-refractivity contribution in [3.8, 4) is 33.6 Å². The molecule has 53 heavy (non-hydrogen) atoms. The van der Waals surface area contributed by atoms with Gasteiger partial charge in [-0.3, -0.25) is 13.6 Å². The second-order valence-electron chi connectivity index (χ2n) is 14.0. The Labute approximate surface area is 307 Å². The van der Waals surface area contributed by atoms with Gasteiger partial charge in [0.15, 0.2) is 0 Å². The second kappa shape index (κ2) is 13.5. The first kappa shape index (κ1) is 35.4. The maximum absolute atomic E-state index is 14.5. The van der Waals surface area contributed by atoms with E-state index in [0.717, 1.165) is 65.6 Å². The highest BCUT2D eigenvalue weighted by atomic mass is 19.2. The number of aliphatic imine (C=N–C) groups is 1. The lowest BCUT2D eigenvalue weighted by atomic mass is 9.88. The second-order valence-corrected chi connectivity index (χ2v) is 14.0. The van der Waals surface area contributed by atoms with Crippen LogP contribution in [0.15, 0.2) is 112 Å². The molecule has 0 fully saturated rings. The van der Waals surface area contributed by atoms with Gasteiger partial charge in [-0.1, -0.05) is 30.3 Å².